The van der Waals surface area contributed by atoms with Crippen molar-refractivity contribution < 1.29 is 23.0 Å². The Bertz CT molecular complexity index is 433. The van der Waals surface area contributed by atoms with Crippen molar-refractivity contribution in [2.24, 2.45) is 0 Å². The van der Waals surface area contributed by atoms with E-state index in [1.165, 1.54) is 18.9 Å². The van der Waals surface area contributed by atoms with E-state index in [0.717, 1.165) is 0 Å². The first-order valence-electron chi connectivity index (χ1n) is 6.46. The Morgan fingerprint density at radius 2 is 2.00 bits per heavy atom. The maximum Gasteiger partial charge on any atom is 0.405 e. The number of nitrogens with zero attached hydrogens (tertiary/aromatic N) is 1. The van der Waals surface area contributed by atoms with Crippen LogP contribution in [0.5, 0.6) is 5.75 Å². The van der Waals surface area contributed by atoms with Crippen LogP contribution in [0.15, 0.2) is 18.2 Å². The molecule has 0 bridgehead atoms. The third-order valence-corrected chi connectivity index (χ3v) is 2.89. The number of benzene rings is 1. The fraction of sp³-hybridized carbons (Fsp3) is 0.571. The second kappa shape index (κ2) is 6.83. The molecule has 1 aromatic rings. The molecule has 6 heteroatoms. The van der Waals surface area contributed by atoms with Crippen molar-refractivity contribution in [3.05, 3.63) is 23.8 Å². The van der Waals surface area contributed by atoms with Crippen LogP contribution < -0.4 is 9.64 Å². The normalized spacial score (nSPS) is 13.2. The number of ether oxygens (including phenoxy) is 1. The summed E-state index contributed by atoms with van der Waals surface area (Å²) in [6, 6.07) is 4.83. The third-order valence-electron chi connectivity index (χ3n) is 2.89. The Labute approximate surface area is 117 Å². The summed E-state index contributed by atoms with van der Waals surface area (Å²) in [6.45, 7) is 2.53. The summed E-state index contributed by atoms with van der Waals surface area (Å²) in [5, 5.41) is 9.84. The second-order valence-corrected chi connectivity index (χ2v) is 4.61. The maximum absolute atomic E-state index is 12.7. The van der Waals surface area contributed by atoms with Crippen LogP contribution >= 0.6 is 0 Å². The minimum Gasteiger partial charge on any atom is -0.496 e. The molecule has 0 heterocycles. The summed E-state index contributed by atoms with van der Waals surface area (Å²) < 4.78 is 43.2. The zero-order valence-corrected chi connectivity index (χ0v) is 11.9. The second-order valence-electron chi connectivity index (χ2n) is 4.61. The molecular formula is C14H20F3NO2. The van der Waals surface area contributed by atoms with Gasteiger partial charge in [-0.25, -0.2) is 0 Å². The van der Waals surface area contributed by atoms with Crippen LogP contribution in [0.1, 0.15) is 31.9 Å². The van der Waals surface area contributed by atoms with Crippen LogP contribution in [0, 0.1) is 0 Å². The number of aliphatic hydroxyl groups excluding tert-OH is 1. The monoisotopic (exact) mass is 291 g/mol. The summed E-state index contributed by atoms with van der Waals surface area (Å²) in [7, 11) is 1.43. The van der Waals surface area contributed by atoms with Crippen molar-refractivity contribution in [3.8, 4) is 5.75 Å². The molecule has 114 valence electrons. The molecule has 1 atom stereocenters. The summed E-state index contributed by atoms with van der Waals surface area (Å²) >= 11 is 0. The fourth-order valence-corrected chi connectivity index (χ4v) is 2.18. The fourth-order valence-electron chi connectivity index (χ4n) is 2.18. The average molecular weight is 291 g/mol. The Morgan fingerprint density at radius 1 is 1.35 bits per heavy atom. The predicted molar refractivity (Wildman–Crippen MR) is 72.2 cm³/mol. The van der Waals surface area contributed by atoms with Crippen molar-refractivity contribution in [2.45, 2.75) is 32.5 Å². The maximum atomic E-state index is 12.7. The van der Waals surface area contributed by atoms with E-state index in [1.807, 2.05) is 6.92 Å². The Morgan fingerprint density at radius 3 is 2.45 bits per heavy atom. The molecule has 0 aliphatic rings. The molecule has 0 aromatic heterocycles. The highest BCUT2D eigenvalue weighted by molar-refractivity contribution is 5.60. The Hall–Kier alpha value is -1.43. The molecule has 1 rings (SSSR count). The number of anilines is 1. The lowest BCUT2D eigenvalue weighted by molar-refractivity contribution is -0.119. The van der Waals surface area contributed by atoms with Gasteiger partial charge in [0.05, 0.1) is 13.2 Å². The van der Waals surface area contributed by atoms with Crippen molar-refractivity contribution in [2.75, 3.05) is 25.1 Å². The lowest BCUT2D eigenvalue weighted by Crippen LogP contribution is -2.35. The number of aliphatic hydroxyl groups is 1. The molecule has 1 N–H and O–H groups in total. The van der Waals surface area contributed by atoms with Gasteiger partial charge in [-0.15, -0.1) is 0 Å². The van der Waals surface area contributed by atoms with Crippen molar-refractivity contribution >= 4 is 5.69 Å². The molecular weight excluding hydrogens is 271 g/mol. The van der Waals surface area contributed by atoms with Crippen LogP contribution in [0.3, 0.4) is 0 Å². The van der Waals surface area contributed by atoms with Gasteiger partial charge in [-0.05, 0) is 25.5 Å². The SMILES string of the molecule is CCCN(CC(F)(F)F)c1cccc(OC)c1[C@H](C)O. The molecule has 0 spiro atoms. The molecule has 0 unspecified atom stereocenters. The molecule has 20 heavy (non-hydrogen) atoms. The number of methoxy groups -OCH3 is 1. The first-order chi connectivity index (χ1) is 9.30. The minimum absolute atomic E-state index is 0.256. The van der Waals surface area contributed by atoms with E-state index in [4.69, 9.17) is 4.74 Å². The van der Waals surface area contributed by atoms with Crippen molar-refractivity contribution in [1.82, 2.24) is 0 Å². The van der Waals surface area contributed by atoms with E-state index in [0.29, 0.717) is 23.4 Å². The molecule has 0 aliphatic heterocycles. The summed E-state index contributed by atoms with van der Waals surface area (Å²) in [4.78, 5) is 1.23. The molecule has 0 fully saturated rings. The topological polar surface area (TPSA) is 32.7 Å². The van der Waals surface area contributed by atoms with Gasteiger partial charge in [0.2, 0.25) is 0 Å². The number of rotatable bonds is 6. The van der Waals surface area contributed by atoms with Crippen LogP contribution in [0.25, 0.3) is 0 Å². The minimum atomic E-state index is -4.30. The Kier molecular flexibility index (Phi) is 5.68. The van der Waals surface area contributed by atoms with E-state index in [2.05, 4.69) is 0 Å². The molecule has 3 nitrogen and oxygen atoms in total. The standard InChI is InChI=1S/C14H20F3NO2/c1-4-8-18(9-14(15,16)17)11-6-5-7-12(20-3)13(11)10(2)19/h5-7,10,19H,4,8-9H2,1-3H3/t10-/m0/s1. The molecule has 0 saturated carbocycles. The van der Waals surface area contributed by atoms with Crippen molar-refractivity contribution in [3.63, 3.8) is 0 Å². The predicted octanol–water partition coefficient (Wildman–Crippen LogP) is 3.53. The van der Waals surface area contributed by atoms with Gasteiger partial charge < -0.3 is 14.7 Å². The lowest BCUT2D eigenvalue weighted by Gasteiger charge is -2.29. The zero-order valence-electron chi connectivity index (χ0n) is 11.9. The molecule has 0 aliphatic carbocycles. The molecule has 1 aromatic carbocycles. The molecule has 0 amide bonds. The van der Waals surface area contributed by atoms with Gasteiger partial charge >= 0.3 is 6.18 Å². The van der Waals surface area contributed by atoms with Crippen LogP contribution in [-0.2, 0) is 0 Å². The highest BCUT2D eigenvalue weighted by Gasteiger charge is 2.32. The smallest absolute Gasteiger partial charge is 0.405 e. The largest absolute Gasteiger partial charge is 0.496 e. The van der Waals surface area contributed by atoms with Gasteiger partial charge in [-0.2, -0.15) is 13.2 Å². The van der Waals surface area contributed by atoms with E-state index in [1.54, 1.807) is 18.2 Å². The van der Waals surface area contributed by atoms with Crippen LogP contribution in [0.2, 0.25) is 0 Å². The van der Waals surface area contributed by atoms with E-state index in [-0.39, 0.29) is 6.54 Å². The van der Waals surface area contributed by atoms with Gasteiger partial charge in [0, 0.05) is 17.8 Å². The summed E-state index contributed by atoms with van der Waals surface area (Å²) in [5.74, 6) is 0.390. The molecule has 0 saturated heterocycles. The van der Waals surface area contributed by atoms with E-state index >= 15 is 0 Å². The van der Waals surface area contributed by atoms with Gasteiger partial charge in [0.15, 0.2) is 0 Å². The zero-order chi connectivity index (χ0) is 15.3. The third kappa shape index (κ3) is 4.30. The number of halogens is 3. The quantitative estimate of drug-likeness (QED) is 0.870. The lowest BCUT2D eigenvalue weighted by atomic mass is 10.1. The Balaban J connectivity index is 3.25. The highest BCUT2D eigenvalue weighted by atomic mass is 19.4. The first kappa shape index (κ1) is 16.6. The first-order valence-corrected chi connectivity index (χ1v) is 6.46. The van der Waals surface area contributed by atoms with E-state index in [9.17, 15) is 18.3 Å². The number of hydrogen-bond donors (Lipinski definition) is 1. The highest BCUT2D eigenvalue weighted by Crippen LogP contribution is 2.35. The van der Waals surface area contributed by atoms with Crippen molar-refractivity contribution in [1.29, 1.82) is 0 Å². The molecule has 0 radical (unpaired) electrons. The van der Waals surface area contributed by atoms with Gasteiger partial charge in [0.25, 0.3) is 0 Å². The number of alkyl halides is 3. The number of hydrogen-bond acceptors (Lipinski definition) is 3. The average Bonchev–Trinajstić information content (AvgIpc) is 2.35. The van der Waals surface area contributed by atoms with Gasteiger partial charge in [-0.1, -0.05) is 13.0 Å². The van der Waals surface area contributed by atoms with Gasteiger partial charge in [-0.3, -0.25) is 0 Å². The summed E-state index contributed by atoms with van der Waals surface area (Å²) in [6.07, 6.45) is -4.63. The van der Waals surface area contributed by atoms with Crippen LogP contribution in [-0.4, -0.2) is 31.5 Å². The van der Waals surface area contributed by atoms with E-state index < -0.39 is 18.8 Å². The van der Waals surface area contributed by atoms with Gasteiger partial charge in [0.1, 0.15) is 12.3 Å². The van der Waals surface area contributed by atoms with Crippen LogP contribution in [0.4, 0.5) is 18.9 Å². The summed E-state index contributed by atoms with van der Waals surface area (Å²) in [5.41, 5.74) is 0.742.